The fourth-order valence-corrected chi connectivity index (χ4v) is 1.90. The monoisotopic (exact) mass is 237 g/mol. The molecule has 0 aliphatic heterocycles. The minimum atomic E-state index is 0.484. The summed E-state index contributed by atoms with van der Waals surface area (Å²) in [6.07, 6.45) is 0. The number of hydrogen-bond donors (Lipinski definition) is 1. The Morgan fingerprint density at radius 3 is 2.69 bits per heavy atom. The number of rotatable bonds is 3. The van der Waals surface area contributed by atoms with E-state index < -0.39 is 0 Å². The maximum Gasteiger partial charge on any atom is 0.282 e. The molecule has 0 bridgehead atoms. The first-order valence-corrected chi connectivity index (χ1v) is 5.50. The molecule has 0 aromatic carbocycles. The van der Waals surface area contributed by atoms with Crippen molar-refractivity contribution in [3.8, 4) is 0 Å². The molecule has 2 aromatic rings. The molecule has 2 heterocycles. The van der Waals surface area contributed by atoms with Crippen LogP contribution in [-0.4, -0.2) is 27.2 Å². The van der Waals surface area contributed by atoms with E-state index in [1.165, 1.54) is 11.8 Å². The van der Waals surface area contributed by atoms with E-state index in [2.05, 4.69) is 25.5 Å². The second-order valence-corrected chi connectivity index (χ2v) is 4.05. The number of hydrogen-bond acceptors (Lipinski definition) is 7. The molecule has 0 atom stereocenters. The quantitative estimate of drug-likeness (QED) is 0.813. The lowest BCUT2D eigenvalue weighted by atomic mass is 10.5. The van der Waals surface area contributed by atoms with Crippen molar-refractivity contribution in [2.45, 2.75) is 24.1 Å². The van der Waals surface area contributed by atoms with Crippen LogP contribution in [-0.2, 0) is 0 Å². The number of anilines is 1. The van der Waals surface area contributed by atoms with Crippen molar-refractivity contribution >= 4 is 17.6 Å². The van der Waals surface area contributed by atoms with Gasteiger partial charge in [-0.3, -0.25) is 0 Å². The summed E-state index contributed by atoms with van der Waals surface area (Å²) in [7, 11) is 1.81. The van der Waals surface area contributed by atoms with Crippen molar-refractivity contribution in [1.82, 2.24) is 20.2 Å². The summed E-state index contributed by atoms with van der Waals surface area (Å²) in [6, 6.07) is 1.83. The Morgan fingerprint density at radius 1 is 1.25 bits per heavy atom. The van der Waals surface area contributed by atoms with Crippen LogP contribution in [0.2, 0.25) is 0 Å². The zero-order chi connectivity index (χ0) is 11.5. The molecule has 0 aliphatic carbocycles. The van der Waals surface area contributed by atoms with Crippen LogP contribution < -0.4 is 5.32 Å². The Hall–Kier alpha value is -1.63. The van der Waals surface area contributed by atoms with Crippen LogP contribution in [0.5, 0.6) is 0 Å². The number of aryl methyl sites for hydroxylation is 2. The average molecular weight is 237 g/mol. The summed E-state index contributed by atoms with van der Waals surface area (Å²) in [5, 5.41) is 11.9. The summed E-state index contributed by atoms with van der Waals surface area (Å²) in [6.45, 7) is 3.59. The maximum absolute atomic E-state index is 5.26. The Balaban J connectivity index is 2.24. The first-order valence-electron chi connectivity index (χ1n) is 4.69. The minimum Gasteiger partial charge on any atom is -0.416 e. The molecule has 84 valence electrons. The van der Waals surface area contributed by atoms with Gasteiger partial charge in [0.1, 0.15) is 16.7 Å². The van der Waals surface area contributed by atoms with Gasteiger partial charge in [0.05, 0.1) is 0 Å². The molecule has 0 aliphatic rings. The van der Waals surface area contributed by atoms with E-state index in [4.69, 9.17) is 4.42 Å². The smallest absolute Gasteiger partial charge is 0.282 e. The van der Waals surface area contributed by atoms with E-state index >= 15 is 0 Å². The van der Waals surface area contributed by atoms with E-state index in [0.717, 1.165) is 10.8 Å². The summed E-state index contributed by atoms with van der Waals surface area (Å²) in [4.78, 5) is 8.47. The van der Waals surface area contributed by atoms with E-state index in [9.17, 15) is 0 Å². The summed E-state index contributed by atoms with van der Waals surface area (Å²) in [5.74, 6) is 2.01. The maximum atomic E-state index is 5.26. The van der Waals surface area contributed by atoms with Gasteiger partial charge in [-0.25, -0.2) is 9.97 Å². The zero-order valence-electron chi connectivity index (χ0n) is 9.18. The van der Waals surface area contributed by atoms with Crippen LogP contribution in [0, 0.1) is 13.8 Å². The molecule has 0 radical (unpaired) electrons. The van der Waals surface area contributed by atoms with Gasteiger partial charge < -0.3 is 9.73 Å². The SMILES string of the molecule is CNc1cc(Sc2nnc(C)o2)nc(C)n1. The molecule has 7 heteroatoms. The lowest BCUT2D eigenvalue weighted by Gasteiger charge is -2.02. The molecule has 0 spiro atoms. The molecule has 0 fully saturated rings. The Morgan fingerprint density at radius 2 is 2.06 bits per heavy atom. The van der Waals surface area contributed by atoms with Crippen molar-refractivity contribution in [2.75, 3.05) is 12.4 Å². The highest BCUT2D eigenvalue weighted by atomic mass is 32.2. The first kappa shape index (κ1) is 10.9. The molecule has 0 amide bonds. The molecule has 0 saturated carbocycles. The molecule has 2 rings (SSSR count). The van der Waals surface area contributed by atoms with Crippen LogP contribution >= 0.6 is 11.8 Å². The van der Waals surface area contributed by atoms with Gasteiger partial charge in [0.25, 0.3) is 5.22 Å². The summed E-state index contributed by atoms with van der Waals surface area (Å²) in [5.41, 5.74) is 0. The Labute approximate surface area is 96.9 Å². The van der Waals surface area contributed by atoms with Crippen molar-refractivity contribution in [3.63, 3.8) is 0 Å². The third kappa shape index (κ3) is 2.48. The third-order valence-electron chi connectivity index (χ3n) is 1.77. The lowest BCUT2D eigenvalue weighted by molar-refractivity contribution is 0.429. The molecule has 6 nitrogen and oxygen atoms in total. The van der Waals surface area contributed by atoms with Crippen molar-refractivity contribution in [3.05, 3.63) is 17.8 Å². The highest BCUT2D eigenvalue weighted by molar-refractivity contribution is 7.99. The fraction of sp³-hybridized carbons (Fsp3) is 0.333. The molecule has 0 unspecified atom stereocenters. The fourth-order valence-electron chi connectivity index (χ4n) is 1.13. The lowest BCUT2D eigenvalue weighted by Crippen LogP contribution is -1.97. The molecule has 0 saturated heterocycles. The topological polar surface area (TPSA) is 76.7 Å². The highest BCUT2D eigenvalue weighted by Gasteiger charge is 2.08. The van der Waals surface area contributed by atoms with E-state index in [-0.39, 0.29) is 0 Å². The molecule has 16 heavy (non-hydrogen) atoms. The second kappa shape index (κ2) is 4.48. The summed E-state index contributed by atoms with van der Waals surface area (Å²) >= 11 is 1.32. The van der Waals surface area contributed by atoms with Gasteiger partial charge >= 0.3 is 0 Å². The Bertz CT molecular complexity index is 498. The largest absolute Gasteiger partial charge is 0.416 e. The van der Waals surface area contributed by atoms with Crippen molar-refractivity contribution in [1.29, 1.82) is 0 Å². The average Bonchev–Trinajstić information content (AvgIpc) is 2.63. The zero-order valence-corrected chi connectivity index (χ0v) is 10.00. The normalized spacial score (nSPS) is 10.4. The second-order valence-electron chi connectivity index (χ2n) is 3.08. The standard InChI is InChI=1S/C9H11N5OS/c1-5-11-7(10-3)4-8(12-5)16-9-14-13-6(2)15-9/h4H,1-3H3,(H,10,11,12). The number of nitrogens with one attached hydrogen (secondary N) is 1. The van der Waals surface area contributed by atoms with E-state index in [0.29, 0.717) is 16.9 Å². The van der Waals surface area contributed by atoms with Gasteiger partial charge in [-0.05, 0) is 18.7 Å². The van der Waals surface area contributed by atoms with Crippen molar-refractivity contribution < 1.29 is 4.42 Å². The van der Waals surface area contributed by atoms with Crippen LogP contribution in [0.4, 0.5) is 5.82 Å². The summed E-state index contributed by atoms with van der Waals surface area (Å²) < 4.78 is 5.26. The van der Waals surface area contributed by atoms with Crippen molar-refractivity contribution in [2.24, 2.45) is 0 Å². The molecular formula is C9H11N5OS. The molecular weight excluding hydrogens is 226 g/mol. The van der Waals surface area contributed by atoms with Crippen LogP contribution in [0.25, 0.3) is 0 Å². The van der Waals surface area contributed by atoms with Gasteiger partial charge in [-0.2, -0.15) is 0 Å². The van der Waals surface area contributed by atoms with Crippen LogP contribution in [0.1, 0.15) is 11.7 Å². The van der Waals surface area contributed by atoms with Gasteiger partial charge in [0.15, 0.2) is 0 Å². The van der Waals surface area contributed by atoms with E-state index in [1.807, 2.05) is 20.0 Å². The molecule has 1 N–H and O–H groups in total. The predicted octanol–water partition coefficient (Wildman–Crippen LogP) is 1.67. The van der Waals surface area contributed by atoms with Crippen LogP contribution in [0.3, 0.4) is 0 Å². The predicted molar refractivity (Wildman–Crippen MR) is 59.5 cm³/mol. The van der Waals surface area contributed by atoms with Crippen LogP contribution in [0.15, 0.2) is 20.7 Å². The third-order valence-corrected chi connectivity index (χ3v) is 2.53. The minimum absolute atomic E-state index is 0.484. The van der Waals surface area contributed by atoms with Gasteiger partial charge in [0, 0.05) is 20.0 Å². The Kier molecular flexibility index (Phi) is 3.04. The first-order chi connectivity index (χ1) is 7.67. The van der Waals surface area contributed by atoms with Gasteiger partial charge in [-0.1, -0.05) is 0 Å². The highest BCUT2D eigenvalue weighted by Crippen LogP contribution is 2.25. The number of nitrogens with zero attached hydrogens (tertiary/aromatic N) is 4. The van der Waals surface area contributed by atoms with E-state index in [1.54, 1.807) is 6.92 Å². The van der Waals surface area contributed by atoms with Gasteiger partial charge in [-0.15, -0.1) is 10.2 Å². The van der Waals surface area contributed by atoms with Gasteiger partial charge in [0.2, 0.25) is 5.89 Å². The number of aromatic nitrogens is 4. The molecule has 2 aromatic heterocycles.